The molecular formula is C23H27NO3. The van der Waals surface area contributed by atoms with Crippen molar-refractivity contribution in [2.75, 3.05) is 26.3 Å². The fourth-order valence-electron chi connectivity index (χ4n) is 4.08. The van der Waals surface area contributed by atoms with Gasteiger partial charge in [0.25, 0.3) is 0 Å². The summed E-state index contributed by atoms with van der Waals surface area (Å²) in [7, 11) is 0. The van der Waals surface area contributed by atoms with E-state index in [2.05, 4.69) is 17.0 Å². The van der Waals surface area contributed by atoms with Crippen molar-refractivity contribution in [3.63, 3.8) is 0 Å². The first-order valence-corrected chi connectivity index (χ1v) is 9.76. The first-order valence-electron chi connectivity index (χ1n) is 9.76. The zero-order valence-corrected chi connectivity index (χ0v) is 16.2. The van der Waals surface area contributed by atoms with Gasteiger partial charge in [0.15, 0.2) is 11.6 Å². The van der Waals surface area contributed by atoms with E-state index in [1.54, 1.807) is 0 Å². The van der Waals surface area contributed by atoms with Crippen molar-refractivity contribution in [3.05, 3.63) is 70.3 Å². The lowest BCUT2D eigenvalue weighted by atomic mass is 9.93. The van der Waals surface area contributed by atoms with Crippen LogP contribution in [0.4, 0.5) is 0 Å². The van der Waals surface area contributed by atoms with Crippen molar-refractivity contribution in [3.8, 4) is 0 Å². The standard InChI is InChI=1S/C23H27NO3/c1-17-7-8-18(2)21(15-17)22(25)20-6-4-3-5-19(20)16-24-11-9-23(10-12-24)26-13-14-27-23/h3-8,15H,9-14,16H2,1-2H3. The van der Waals surface area contributed by atoms with Gasteiger partial charge >= 0.3 is 0 Å². The highest BCUT2D eigenvalue weighted by molar-refractivity contribution is 6.10. The van der Waals surface area contributed by atoms with Crippen LogP contribution in [0.5, 0.6) is 0 Å². The van der Waals surface area contributed by atoms with Gasteiger partial charge in [-0.05, 0) is 31.0 Å². The maximum atomic E-state index is 13.2. The third-order valence-electron chi connectivity index (χ3n) is 5.73. The second kappa shape index (κ2) is 7.55. The van der Waals surface area contributed by atoms with E-state index in [9.17, 15) is 4.79 Å². The van der Waals surface area contributed by atoms with Gasteiger partial charge in [-0.15, -0.1) is 0 Å². The monoisotopic (exact) mass is 365 g/mol. The Morgan fingerprint density at radius 2 is 1.70 bits per heavy atom. The van der Waals surface area contributed by atoms with Gasteiger partial charge < -0.3 is 9.47 Å². The zero-order chi connectivity index (χ0) is 18.9. The molecule has 0 saturated carbocycles. The molecule has 0 unspecified atom stereocenters. The highest BCUT2D eigenvalue weighted by atomic mass is 16.7. The summed E-state index contributed by atoms with van der Waals surface area (Å²) in [6, 6.07) is 14.1. The van der Waals surface area contributed by atoms with Crippen molar-refractivity contribution in [1.82, 2.24) is 4.90 Å². The molecule has 4 rings (SSSR count). The summed E-state index contributed by atoms with van der Waals surface area (Å²) in [5.74, 6) is -0.243. The summed E-state index contributed by atoms with van der Waals surface area (Å²) >= 11 is 0. The van der Waals surface area contributed by atoms with Gasteiger partial charge in [0.2, 0.25) is 0 Å². The maximum absolute atomic E-state index is 13.2. The first kappa shape index (κ1) is 18.4. The van der Waals surface area contributed by atoms with E-state index >= 15 is 0 Å². The van der Waals surface area contributed by atoms with Crippen LogP contribution in [0.2, 0.25) is 0 Å². The number of carbonyl (C=O) groups excluding carboxylic acids is 1. The molecule has 2 fully saturated rings. The van der Waals surface area contributed by atoms with E-state index < -0.39 is 0 Å². The summed E-state index contributed by atoms with van der Waals surface area (Å²) in [5.41, 5.74) is 4.83. The summed E-state index contributed by atoms with van der Waals surface area (Å²) in [5, 5.41) is 0. The van der Waals surface area contributed by atoms with Crippen molar-refractivity contribution in [1.29, 1.82) is 0 Å². The molecule has 142 valence electrons. The van der Waals surface area contributed by atoms with Crippen molar-refractivity contribution in [2.45, 2.75) is 39.0 Å². The van der Waals surface area contributed by atoms with Crippen molar-refractivity contribution in [2.24, 2.45) is 0 Å². The average molecular weight is 365 g/mol. The van der Waals surface area contributed by atoms with Crippen LogP contribution in [0.25, 0.3) is 0 Å². The molecule has 4 heteroatoms. The molecule has 2 aromatic rings. The SMILES string of the molecule is Cc1ccc(C)c(C(=O)c2ccccc2CN2CCC3(CC2)OCCO3)c1. The maximum Gasteiger partial charge on any atom is 0.193 e. The fourth-order valence-corrected chi connectivity index (χ4v) is 4.08. The smallest absolute Gasteiger partial charge is 0.193 e. The van der Waals surface area contributed by atoms with Crippen LogP contribution in [-0.2, 0) is 16.0 Å². The molecule has 0 aromatic heterocycles. The van der Waals surface area contributed by atoms with Crippen LogP contribution in [-0.4, -0.2) is 42.8 Å². The van der Waals surface area contributed by atoms with Crippen molar-refractivity contribution < 1.29 is 14.3 Å². The molecule has 2 heterocycles. The first-order chi connectivity index (χ1) is 13.1. The Kier molecular flexibility index (Phi) is 5.13. The summed E-state index contributed by atoms with van der Waals surface area (Å²) in [6.07, 6.45) is 1.78. The number of hydrogen-bond donors (Lipinski definition) is 0. The Morgan fingerprint density at radius 3 is 2.44 bits per heavy atom. The molecule has 2 aliphatic rings. The quantitative estimate of drug-likeness (QED) is 0.771. The Hall–Kier alpha value is -2.01. The zero-order valence-electron chi connectivity index (χ0n) is 16.2. The van der Waals surface area contributed by atoms with Crippen molar-refractivity contribution >= 4 is 5.78 Å². The van der Waals surface area contributed by atoms with E-state index in [4.69, 9.17) is 9.47 Å². The summed E-state index contributed by atoms with van der Waals surface area (Å²) in [6.45, 7) is 8.06. The lowest BCUT2D eigenvalue weighted by molar-refractivity contribution is -0.185. The minimum absolute atomic E-state index is 0.114. The molecule has 0 aliphatic carbocycles. The highest BCUT2D eigenvalue weighted by Gasteiger charge is 2.39. The number of aryl methyl sites for hydroxylation is 2. The van der Waals surface area contributed by atoms with Gasteiger partial charge in [0, 0.05) is 43.6 Å². The molecule has 2 aliphatic heterocycles. The highest BCUT2D eigenvalue weighted by Crippen LogP contribution is 2.32. The van der Waals surface area contributed by atoms with Crippen LogP contribution in [0, 0.1) is 13.8 Å². The van der Waals surface area contributed by atoms with E-state index in [0.29, 0.717) is 13.2 Å². The molecule has 2 aromatic carbocycles. The number of piperidine rings is 1. The van der Waals surface area contributed by atoms with Gasteiger partial charge in [-0.1, -0.05) is 42.0 Å². The van der Waals surface area contributed by atoms with Crippen LogP contribution in [0.15, 0.2) is 42.5 Å². The van der Waals surface area contributed by atoms with Crippen LogP contribution in [0.1, 0.15) is 45.5 Å². The molecular weight excluding hydrogens is 338 g/mol. The number of ketones is 1. The summed E-state index contributed by atoms with van der Waals surface area (Å²) in [4.78, 5) is 15.6. The van der Waals surface area contributed by atoms with Crippen LogP contribution in [0.3, 0.4) is 0 Å². The predicted octanol–water partition coefficient (Wildman–Crippen LogP) is 3.87. The Bertz CT molecular complexity index is 829. The molecule has 0 atom stereocenters. The minimum Gasteiger partial charge on any atom is -0.347 e. The fraction of sp³-hybridized carbons (Fsp3) is 0.435. The van der Waals surface area contributed by atoms with E-state index in [1.807, 2.05) is 44.2 Å². The lowest BCUT2D eigenvalue weighted by Gasteiger charge is -2.37. The molecule has 0 radical (unpaired) electrons. The number of benzene rings is 2. The van der Waals surface area contributed by atoms with Gasteiger partial charge in [0.05, 0.1) is 13.2 Å². The topological polar surface area (TPSA) is 38.8 Å². The van der Waals surface area contributed by atoms with Gasteiger partial charge in [-0.3, -0.25) is 9.69 Å². The Labute approximate surface area is 161 Å². The van der Waals surface area contributed by atoms with Gasteiger partial charge in [-0.2, -0.15) is 0 Å². The van der Waals surface area contributed by atoms with Gasteiger partial charge in [0.1, 0.15) is 0 Å². The Balaban J connectivity index is 1.52. The number of ether oxygens (including phenoxy) is 2. The van der Waals surface area contributed by atoms with Gasteiger partial charge in [-0.25, -0.2) is 0 Å². The minimum atomic E-state index is -0.357. The molecule has 1 spiro atoms. The predicted molar refractivity (Wildman–Crippen MR) is 105 cm³/mol. The third kappa shape index (κ3) is 3.84. The largest absolute Gasteiger partial charge is 0.347 e. The van der Waals surface area contributed by atoms with Crippen LogP contribution >= 0.6 is 0 Å². The van der Waals surface area contributed by atoms with E-state index in [1.165, 1.54) is 0 Å². The molecule has 0 bridgehead atoms. The number of likely N-dealkylation sites (tertiary alicyclic amines) is 1. The third-order valence-corrected chi connectivity index (χ3v) is 5.73. The van der Waals surface area contributed by atoms with E-state index in [0.717, 1.165) is 60.3 Å². The number of hydrogen-bond acceptors (Lipinski definition) is 4. The molecule has 4 nitrogen and oxygen atoms in total. The second-order valence-corrected chi connectivity index (χ2v) is 7.69. The number of nitrogens with zero attached hydrogens (tertiary/aromatic N) is 1. The van der Waals surface area contributed by atoms with Crippen LogP contribution < -0.4 is 0 Å². The lowest BCUT2D eigenvalue weighted by Crippen LogP contribution is -2.44. The second-order valence-electron chi connectivity index (χ2n) is 7.69. The summed E-state index contributed by atoms with van der Waals surface area (Å²) < 4.78 is 11.6. The number of carbonyl (C=O) groups is 1. The Morgan fingerprint density at radius 1 is 1.00 bits per heavy atom. The number of rotatable bonds is 4. The molecule has 0 amide bonds. The normalized spacial score (nSPS) is 19.5. The molecule has 27 heavy (non-hydrogen) atoms. The van der Waals surface area contributed by atoms with E-state index in [-0.39, 0.29) is 11.6 Å². The average Bonchev–Trinajstić information content (AvgIpc) is 3.14. The molecule has 0 N–H and O–H groups in total. The molecule has 2 saturated heterocycles.